The van der Waals surface area contributed by atoms with E-state index in [0.29, 0.717) is 17.6 Å². The van der Waals surface area contributed by atoms with Crippen molar-refractivity contribution in [3.63, 3.8) is 0 Å². The lowest BCUT2D eigenvalue weighted by Gasteiger charge is -2.22. The van der Waals surface area contributed by atoms with Crippen molar-refractivity contribution in [2.45, 2.75) is 61.0 Å². The monoisotopic (exact) mass is 428 g/mol. The summed E-state index contributed by atoms with van der Waals surface area (Å²) in [5.74, 6) is -1.88. The summed E-state index contributed by atoms with van der Waals surface area (Å²) in [5, 5.41) is 21.2. The Bertz CT molecular complexity index is 959. The van der Waals surface area contributed by atoms with E-state index in [0.717, 1.165) is 5.57 Å². The van der Waals surface area contributed by atoms with Gasteiger partial charge in [0.25, 0.3) is 0 Å². The molecule has 31 heavy (non-hydrogen) atoms. The Balaban J connectivity index is 3.47. The third-order valence-corrected chi connectivity index (χ3v) is 4.90. The van der Waals surface area contributed by atoms with Crippen LogP contribution in [0.25, 0.3) is 5.57 Å². The maximum atomic E-state index is 12.4. The first-order valence-electron chi connectivity index (χ1n) is 10.0. The van der Waals surface area contributed by atoms with E-state index >= 15 is 0 Å². The number of rotatable bonds is 8. The first-order valence-corrected chi connectivity index (χ1v) is 10.0. The number of phenols is 2. The highest BCUT2D eigenvalue weighted by Gasteiger charge is 2.26. The lowest BCUT2D eigenvalue weighted by Crippen LogP contribution is -2.20. The number of phenolic OH excluding ortho intramolecular Hbond substituents is 2. The molecule has 0 saturated heterocycles. The molecule has 1 atom stereocenters. The van der Waals surface area contributed by atoms with Crippen molar-refractivity contribution in [3.8, 4) is 17.2 Å². The zero-order chi connectivity index (χ0) is 23.9. The van der Waals surface area contributed by atoms with Crippen LogP contribution in [0, 0.1) is 6.92 Å². The van der Waals surface area contributed by atoms with Crippen molar-refractivity contribution in [1.82, 2.24) is 0 Å². The molecule has 0 aliphatic rings. The summed E-state index contributed by atoms with van der Waals surface area (Å²) in [6.45, 7) is 16.0. The Labute approximate surface area is 184 Å². The van der Waals surface area contributed by atoms with Gasteiger partial charge in [0, 0.05) is 28.7 Å². The second kappa shape index (κ2) is 11.2. The van der Waals surface area contributed by atoms with E-state index < -0.39 is 18.0 Å². The third kappa shape index (κ3) is 6.60. The molecule has 1 unspecified atom stereocenters. The number of ether oxygens (including phenoxy) is 2. The number of carbonyl (C=O) groups is 2. The predicted octanol–water partition coefficient (Wildman–Crippen LogP) is 5.53. The molecule has 0 bridgehead atoms. The van der Waals surface area contributed by atoms with Crippen LogP contribution < -0.4 is 4.74 Å². The maximum Gasteiger partial charge on any atom is 0.338 e. The molecule has 0 saturated carbocycles. The minimum Gasteiger partial charge on any atom is -0.508 e. The highest BCUT2D eigenvalue weighted by molar-refractivity contribution is 5.91. The van der Waals surface area contributed by atoms with Gasteiger partial charge in [0.15, 0.2) is 11.5 Å². The van der Waals surface area contributed by atoms with E-state index in [-0.39, 0.29) is 33.9 Å². The Morgan fingerprint density at radius 3 is 2.13 bits per heavy atom. The van der Waals surface area contributed by atoms with E-state index in [2.05, 4.69) is 6.58 Å². The van der Waals surface area contributed by atoms with Crippen LogP contribution in [0.5, 0.6) is 17.2 Å². The molecule has 0 fully saturated rings. The smallest absolute Gasteiger partial charge is 0.338 e. The molecule has 0 heterocycles. The van der Waals surface area contributed by atoms with Crippen molar-refractivity contribution in [2.75, 3.05) is 0 Å². The molecule has 0 radical (unpaired) electrons. The van der Waals surface area contributed by atoms with Gasteiger partial charge in [-0.15, -0.1) is 0 Å². The van der Waals surface area contributed by atoms with E-state index in [4.69, 9.17) is 9.47 Å². The number of carbonyl (C=O) groups excluding carboxylic acids is 2. The van der Waals surface area contributed by atoms with E-state index in [1.54, 1.807) is 39.8 Å². The summed E-state index contributed by atoms with van der Waals surface area (Å²) >= 11 is 0. The number of esters is 2. The predicted molar refractivity (Wildman–Crippen MR) is 122 cm³/mol. The second-order valence-electron chi connectivity index (χ2n) is 7.52. The average Bonchev–Trinajstić information content (AvgIpc) is 2.74. The zero-order valence-corrected chi connectivity index (χ0v) is 19.3. The molecule has 0 aliphatic carbocycles. The van der Waals surface area contributed by atoms with Crippen LogP contribution in [-0.4, -0.2) is 28.3 Å². The van der Waals surface area contributed by atoms with E-state index in [9.17, 15) is 19.8 Å². The minimum atomic E-state index is -0.800. The van der Waals surface area contributed by atoms with Crippen LogP contribution in [0.4, 0.5) is 0 Å². The van der Waals surface area contributed by atoms with Crippen molar-refractivity contribution in [1.29, 1.82) is 0 Å². The quantitative estimate of drug-likeness (QED) is 0.186. The molecule has 0 aromatic heterocycles. The fourth-order valence-corrected chi connectivity index (χ4v) is 2.51. The molecular weight excluding hydrogens is 396 g/mol. The van der Waals surface area contributed by atoms with Crippen molar-refractivity contribution in [2.24, 2.45) is 0 Å². The number of allylic oxidation sites excluding steroid dienone is 3. The molecular formula is C25H32O6. The SMILES string of the molecule is C=C(c1cc(O)c(C)c(OC(=O)C(C)=CC)c1O)C(CC=C(C)C)OC(=O)C(C)=CC. The van der Waals surface area contributed by atoms with Crippen LogP contribution in [-0.2, 0) is 14.3 Å². The lowest BCUT2D eigenvalue weighted by atomic mass is 9.96. The fraction of sp³-hybridized carbons (Fsp3) is 0.360. The summed E-state index contributed by atoms with van der Waals surface area (Å²) in [4.78, 5) is 24.6. The molecule has 0 aliphatic heterocycles. The number of aromatic hydroxyl groups is 2. The average molecular weight is 429 g/mol. The van der Waals surface area contributed by atoms with Gasteiger partial charge in [-0.1, -0.05) is 30.4 Å². The molecule has 1 aromatic carbocycles. The highest BCUT2D eigenvalue weighted by Crippen LogP contribution is 2.43. The molecule has 1 rings (SSSR count). The second-order valence-corrected chi connectivity index (χ2v) is 7.52. The van der Waals surface area contributed by atoms with Gasteiger partial charge >= 0.3 is 11.9 Å². The Kier molecular flexibility index (Phi) is 9.31. The summed E-state index contributed by atoms with van der Waals surface area (Å²) in [6, 6.07) is 1.32. The summed E-state index contributed by atoms with van der Waals surface area (Å²) in [7, 11) is 0. The standard InChI is InChI=1S/C25H32O6/c1-9-15(5)24(28)30-21(12-11-14(3)4)17(7)19-13-20(26)18(8)23(22(19)27)31-25(29)16(6)10-2/h9-11,13,21,26-27H,7,12H2,1-6,8H3. The molecule has 6 nitrogen and oxygen atoms in total. The van der Waals surface area contributed by atoms with Gasteiger partial charge in [-0.05, 0) is 60.1 Å². The topological polar surface area (TPSA) is 93.1 Å². The van der Waals surface area contributed by atoms with E-state index in [1.165, 1.54) is 13.0 Å². The number of hydrogen-bond acceptors (Lipinski definition) is 6. The molecule has 0 amide bonds. The molecule has 6 heteroatoms. The fourth-order valence-electron chi connectivity index (χ4n) is 2.51. The summed E-state index contributed by atoms with van der Waals surface area (Å²) in [5.41, 5.74) is 2.39. The first kappa shape index (κ1) is 25.8. The van der Waals surface area contributed by atoms with Gasteiger partial charge in [0.1, 0.15) is 11.9 Å². The van der Waals surface area contributed by atoms with Gasteiger partial charge in [-0.3, -0.25) is 0 Å². The summed E-state index contributed by atoms with van der Waals surface area (Å²) in [6.07, 6.45) is 4.63. The maximum absolute atomic E-state index is 12.4. The van der Waals surface area contributed by atoms with Crippen LogP contribution >= 0.6 is 0 Å². The lowest BCUT2D eigenvalue weighted by molar-refractivity contribution is -0.141. The Morgan fingerprint density at radius 1 is 1.06 bits per heavy atom. The first-order chi connectivity index (χ1) is 14.4. The Hall–Kier alpha value is -3.28. The number of hydrogen-bond donors (Lipinski definition) is 2. The van der Waals surface area contributed by atoms with Crippen LogP contribution in [0.1, 0.15) is 59.1 Å². The van der Waals surface area contributed by atoms with Crippen LogP contribution in [0.3, 0.4) is 0 Å². The molecule has 168 valence electrons. The molecule has 0 spiro atoms. The largest absolute Gasteiger partial charge is 0.508 e. The highest BCUT2D eigenvalue weighted by atomic mass is 16.5. The van der Waals surface area contributed by atoms with Gasteiger partial charge in [0.2, 0.25) is 0 Å². The number of benzene rings is 1. The summed E-state index contributed by atoms with van der Waals surface area (Å²) < 4.78 is 10.9. The van der Waals surface area contributed by atoms with E-state index in [1.807, 2.05) is 19.9 Å². The van der Waals surface area contributed by atoms with Crippen LogP contribution in [0.15, 0.2) is 47.6 Å². The minimum absolute atomic E-state index is 0.127. The molecule has 1 aromatic rings. The van der Waals surface area contributed by atoms with Gasteiger partial charge in [-0.2, -0.15) is 0 Å². The van der Waals surface area contributed by atoms with Gasteiger partial charge < -0.3 is 19.7 Å². The molecule has 2 N–H and O–H groups in total. The Morgan fingerprint density at radius 2 is 1.61 bits per heavy atom. The third-order valence-electron chi connectivity index (χ3n) is 4.90. The van der Waals surface area contributed by atoms with Crippen LogP contribution in [0.2, 0.25) is 0 Å². The van der Waals surface area contributed by atoms with Crippen molar-refractivity contribution in [3.05, 3.63) is 58.7 Å². The van der Waals surface area contributed by atoms with Gasteiger partial charge in [-0.25, -0.2) is 9.59 Å². The van der Waals surface area contributed by atoms with Gasteiger partial charge in [0.05, 0.1) is 0 Å². The van der Waals surface area contributed by atoms with Crippen molar-refractivity contribution < 1.29 is 29.3 Å². The van der Waals surface area contributed by atoms with Crippen molar-refractivity contribution >= 4 is 17.5 Å². The zero-order valence-electron chi connectivity index (χ0n) is 19.3. The normalized spacial score (nSPS) is 12.7.